The molecule has 8 heteroatoms. The zero-order valence-electron chi connectivity index (χ0n) is 17.2. The Morgan fingerprint density at radius 1 is 1.03 bits per heavy atom. The monoisotopic (exact) mass is 401 g/mol. The lowest BCUT2D eigenvalue weighted by atomic mass is 10.1. The molecule has 0 unspecified atom stereocenters. The number of anilines is 3. The standard InChI is InChI=1S/C21H27N3O5/c1-13-9-15(22)16(12-17(13)24-5-7-29-8-6-24)23-21(25)14-10-18(26-2)20(28-4)19(11-14)27-3/h9-12H,5-8,22H2,1-4H3,(H,23,25). The quantitative estimate of drug-likeness (QED) is 0.719. The highest BCUT2D eigenvalue weighted by atomic mass is 16.5. The van der Waals surface area contributed by atoms with Crippen molar-refractivity contribution in [1.29, 1.82) is 0 Å². The highest BCUT2D eigenvalue weighted by Gasteiger charge is 2.19. The van der Waals surface area contributed by atoms with E-state index in [0.717, 1.165) is 24.3 Å². The molecule has 156 valence electrons. The first-order valence-electron chi connectivity index (χ1n) is 9.32. The number of nitrogen functional groups attached to an aromatic ring is 1. The van der Waals surface area contributed by atoms with Crippen LogP contribution >= 0.6 is 0 Å². The van der Waals surface area contributed by atoms with E-state index in [0.29, 0.717) is 47.4 Å². The van der Waals surface area contributed by atoms with Crippen molar-refractivity contribution in [3.63, 3.8) is 0 Å². The van der Waals surface area contributed by atoms with E-state index >= 15 is 0 Å². The van der Waals surface area contributed by atoms with Crippen LogP contribution in [0.1, 0.15) is 15.9 Å². The number of methoxy groups -OCH3 is 3. The molecule has 1 heterocycles. The van der Waals surface area contributed by atoms with Crippen LogP contribution in [-0.2, 0) is 4.74 Å². The number of nitrogens with two attached hydrogens (primary N) is 1. The lowest BCUT2D eigenvalue weighted by Crippen LogP contribution is -2.36. The number of hydrogen-bond acceptors (Lipinski definition) is 7. The average Bonchev–Trinajstić information content (AvgIpc) is 2.74. The van der Waals surface area contributed by atoms with E-state index in [1.165, 1.54) is 21.3 Å². The highest BCUT2D eigenvalue weighted by molar-refractivity contribution is 6.07. The molecule has 29 heavy (non-hydrogen) atoms. The van der Waals surface area contributed by atoms with E-state index in [9.17, 15) is 4.79 Å². The predicted octanol–water partition coefficient (Wildman–Crippen LogP) is 2.69. The van der Waals surface area contributed by atoms with Gasteiger partial charge in [-0.2, -0.15) is 0 Å². The Morgan fingerprint density at radius 2 is 1.66 bits per heavy atom. The van der Waals surface area contributed by atoms with E-state index < -0.39 is 0 Å². The summed E-state index contributed by atoms with van der Waals surface area (Å²) in [6, 6.07) is 6.98. The summed E-state index contributed by atoms with van der Waals surface area (Å²) in [4.78, 5) is 15.2. The molecule has 3 N–H and O–H groups in total. The molecule has 1 aliphatic heterocycles. The van der Waals surface area contributed by atoms with Crippen molar-refractivity contribution < 1.29 is 23.7 Å². The fraction of sp³-hybridized carbons (Fsp3) is 0.381. The summed E-state index contributed by atoms with van der Waals surface area (Å²) in [5.41, 5.74) is 9.68. The molecule has 1 saturated heterocycles. The van der Waals surface area contributed by atoms with Crippen LogP contribution in [0.15, 0.2) is 24.3 Å². The Balaban J connectivity index is 1.90. The summed E-state index contributed by atoms with van der Waals surface area (Å²) >= 11 is 0. The number of rotatable bonds is 6. The van der Waals surface area contributed by atoms with Gasteiger partial charge in [-0.3, -0.25) is 4.79 Å². The molecule has 0 spiro atoms. The summed E-state index contributed by atoms with van der Waals surface area (Å²) in [7, 11) is 4.53. The van der Waals surface area contributed by atoms with Gasteiger partial charge in [-0.1, -0.05) is 0 Å². The van der Waals surface area contributed by atoms with Crippen LogP contribution in [0.3, 0.4) is 0 Å². The highest BCUT2D eigenvalue weighted by Crippen LogP contribution is 2.38. The van der Waals surface area contributed by atoms with Crippen LogP contribution in [0.5, 0.6) is 17.2 Å². The van der Waals surface area contributed by atoms with Gasteiger partial charge in [0.25, 0.3) is 5.91 Å². The zero-order valence-corrected chi connectivity index (χ0v) is 17.2. The van der Waals surface area contributed by atoms with Gasteiger partial charge in [-0.15, -0.1) is 0 Å². The summed E-state index contributed by atoms with van der Waals surface area (Å²) < 4.78 is 21.4. The number of hydrogen-bond donors (Lipinski definition) is 2. The Bertz CT molecular complexity index is 869. The summed E-state index contributed by atoms with van der Waals surface area (Å²) in [6.45, 7) is 4.95. The third-order valence-corrected chi connectivity index (χ3v) is 4.89. The fourth-order valence-electron chi connectivity index (χ4n) is 3.38. The molecule has 3 rings (SSSR count). The minimum absolute atomic E-state index is 0.326. The van der Waals surface area contributed by atoms with Crippen molar-refractivity contribution in [3.05, 3.63) is 35.4 Å². The van der Waals surface area contributed by atoms with Crippen molar-refractivity contribution in [2.75, 3.05) is 63.6 Å². The number of aryl methyl sites for hydroxylation is 1. The van der Waals surface area contributed by atoms with Crippen LogP contribution < -0.4 is 30.2 Å². The van der Waals surface area contributed by atoms with E-state index in [1.807, 2.05) is 19.1 Å². The first-order chi connectivity index (χ1) is 14.0. The lowest BCUT2D eigenvalue weighted by molar-refractivity contribution is 0.102. The van der Waals surface area contributed by atoms with Gasteiger partial charge in [0, 0.05) is 24.3 Å². The number of carbonyl (C=O) groups is 1. The Labute approximate surface area is 170 Å². The van der Waals surface area contributed by atoms with E-state index in [1.54, 1.807) is 12.1 Å². The second-order valence-electron chi connectivity index (χ2n) is 6.69. The molecule has 2 aromatic rings. The van der Waals surface area contributed by atoms with Gasteiger partial charge < -0.3 is 34.9 Å². The number of nitrogens with zero attached hydrogens (tertiary/aromatic N) is 1. The van der Waals surface area contributed by atoms with Crippen LogP contribution in [0.2, 0.25) is 0 Å². The number of benzene rings is 2. The molecule has 0 bridgehead atoms. The first kappa shape index (κ1) is 20.6. The molecule has 0 atom stereocenters. The SMILES string of the molecule is COc1cc(C(=O)Nc2cc(N3CCOCC3)c(C)cc2N)cc(OC)c1OC. The van der Waals surface area contributed by atoms with Crippen molar-refractivity contribution in [2.45, 2.75) is 6.92 Å². The molecular formula is C21H27N3O5. The molecule has 8 nitrogen and oxygen atoms in total. The van der Waals surface area contributed by atoms with Crippen LogP contribution in [-0.4, -0.2) is 53.5 Å². The maximum absolute atomic E-state index is 12.9. The smallest absolute Gasteiger partial charge is 0.255 e. The Morgan fingerprint density at radius 3 is 2.21 bits per heavy atom. The van der Waals surface area contributed by atoms with Crippen molar-refractivity contribution in [3.8, 4) is 17.2 Å². The second-order valence-corrected chi connectivity index (χ2v) is 6.69. The molecule has 0 saturated carbocycles. The third kappa shape index (κ3) is 4.32. The molecule has 1 fully saturated rings. The third-order valence-electron chi connectivity index (χ3n) is 4.89. The predicted molar refractivity (Wildman–Crippen MR) is 113 cm³/mol. The fourth-order valence-corrected chi connectivity index (χ4v) is 3.38. The van der Waals surface area contributed by atoms with Crippen molar-refractivity contribution in [1.82, 2.24) is 0 Å². The number of amides is 1. The number of morpholine rings is 1. The minimum Gasteiger partial charge on any atom is -0.493 e. The maximum Gasteiger partial charge on any atom is 0.255 e. The van der Waals surface area contributed by atoms with Gasteiger partial charge in [0.05, 0.1) is 45.9 Å². The molecule has 2 aromatic carbocycles. The number of carbonyl (C=O) groups excluding carboxylic acids is 1. The molecule has 0 radical (unpaired) electrons. The molecule has 1 amide bonds. The average molecular weight is 401 g/mol. The van der Waals surface area contributed by atoms with E-state index in [2.05, 4.69) is 10.2 Å². The van der Waals surface area contributed by atoms with E-state index in [-0.39, 0.29) is 5.91 Å². The molecule has 0 aliphatic carbocycles. The topological polar surface area (TPSA) is 95.3 Å². The summed E-state index contributed by atoms with van der Waals surface area (Å²) in [5.74, 6) is 0.912. The maximum atomic E-state index is 12.9. The van der Waals surface area contributed by atoms with E-state index in [4.69, 9.17) is 24.7 Å². The number of nitrogens with one attached hydrogen (secondary N) is 1. The van der Waals surface area contributed by atoms with Crippen molar-refractivity contribution >= 4 is 23.0 Å². The second kappa shape index (κ2) is 8.91. The lowest BCUT2D eigenvalue weighted by Gasteiger charge is -2.30. The Hall–Kier alpha value is -3.13. The van der Waals surface area contributed by atoms with Gasteiger partial charge in [-0.05, 0) is 36.8 Å². The molecule has 0 aromatic heterocycles. The van der Waals surface area contributed by atoms with Gasteiger partial charge >= 0.3 is 0 Å². The van der Waals surface area contributed by atoms with Crippen LogP contribution in [0, 0.1) is 6.92 Å². The van der Waals surface area contributed by atoms with Gasteiger partial charge in [0.2, 0.25) is 5.75 Å². The van der Waals surface area contributed by atoms with Gasteiger partial charge in [0.1, 0.15) is 0 Å². The Kier molecular flexibility index (Phi) is 6.33. The van der Waals surface area contributed by atoms with Crippen molar-refractivity contribution in [2.24, 2.45) is 0 Å². The number of ether oxygens (including phenoxy) is 4. The molecular weight excluding hydrogens is 374 g/mol. The molecule has 1 aliphatic rings. The first-order valence-corrected chi connectivity index (χ1v) is 9.32. The normalized spacial score (nSPS) is 13.7. The zero-order chi connectivity index (χ0) is 21.0. The van der Waals surface area contributed by atoms with Gasteiger partial charge in [-0.25, -0.2) is 0 Å². The van der Waals surface area contributed by atoms with Crippen LogP contribution in [0.4, 0.5) is 17.1 Å². The summed E-state index contributed by atoms with van der Waals surface area (Å²) in [6.07, 6.45) is 0. The minimum atomic E-state index is -0.326. The summed E-state index contributed by atoms with van der Waals surface area (Å²) in [5, 5.41) is 2.90. The van der Waals surface area contributed by atoms with Gasteiger partial charge in [0.15, 0.2) is 11.5 Å². The largest absolute Gasteiger partial charge is 0.493 e. The van der Waals surface area contributed by atoms with Crippen LogP contribution in [0.25, 0.3) is 0 Å².